The van der Waals surface area contributed by atoms with Gasteiger partial charge in [-0.15, -0.1) is 0 Å². The third-order valence-corrected chi connectivity index (χ3v) is 4.96. The van der Waals surface area contributed by atoms with Gasteiger partial charge in [0.1, 0.15) is 17.3 Å². The predicted octanol–water partition coefficient (Wildman–Crippen LogP) is 5.29. The van der Waals surface area contributed by atoms with Crippen molar-refractivity contribution in [2.24, 2.45) is 0 Å². The van der Waals surface area contributed by atoms with Gasteiger partial charge in [-0.05, 0) is 60.2 Å². The number of fused-ring (bicyclic) bond motifs is 1. The van der Waals surface area contributed by atoms with E-state index in [2.05, 4.69) is 16.9 Å². The van der Waals surface area contributed by atoms with Crippen molar-refractivity contribution in [1.82, 2.24) is 10.3 Å². The maximum atomic E-state index is 12.7. The molecule has 0 radical (unpaired) electrons. The van der Waals surface area contributed by atoms with Crippen molar-refractivity contribution in [3.8, 4) is 5.75 Å². The van der Waals surface area contributed by atoms with Crippen molar-refractivity contribution in [1.29, 1.82) is 0 Å². The van der Waals surface area contributed by atoms with Crippen molar-refractivity contribution in [3.63, 3.8) is 0 Å². The number of aromatic nitrogens is 1. The maximum Gasteiger partial charge on any atom is 0.268 e. The maximum absolute atomic E-state index is 12.7. The van der Waals surface area contributed by atoms with Gasteiger partial charge in [0.25, 0.3) is 5.91 Å². The molecule has 0 saturated carbocycles. The zero-order chi connectivity index (χ0) is 20.4. The molecule has 1 aliphatic heterocycles. The third kappa shape index (κ3) is 3.91. The van der Waals surface area contributed by atoms with Gasteiger partial charge in [0.2, 0.25) is 0 Å². The standard InChI is InChI=1S/C23H20ClN3O2/c1-15-6-7-17-13-21(23(28)25-14-16-4-3-5-20(12-16)29-2)26-22(17)27(15)19-10-8-18(24)9-11-19/h3-13,26H,1,14H2,2H3,(H,25,28). The van der Waals surface area contributed by atoms with Crippen LogP contribution in [0.5, 0.6) is 5.75 Å². The molecule has 4 rings (SSSR count). The summed E-state index contributed by atoms with van der Waals surface area (Å²) < 4.78 is 5.22. The van der Waals surface area contributed by atoms with Gasteiger partial charge in [-0.2, -0.15) is 0 Å². The second-order valence-electron chi connectivity index (χ2n) is 6.66. The Kier molecular flexibility index (Phi) is 5.14. The van der Waals surface area contributed by atoms with Gasteiger partial charge in [-0.25, -0.2) is 0 Å². The number of benzene rings is 2. The number of allylic oxidation sites excluding steroid dienone is 1. The molecule has 1 aliphatic rings. The predicted molar refractivity (Wildman–Crippen MR) is 117 cm³/mol. The number of halogens is 1. The highest BCUT2D eigenvalue weighted by Crippen LogP contribution is 2.37. The molecule has 5 nitrogen and oxygen atoms in total. The van der Waals surface area contributed by atoms with Gasteiger partial charge in [0.15, 0.2) is 0 Å². The average Bonchev–Trinajstić information content (AvgIpc) is 3.17. The highest BCUT2D eigenvalue weighted by Gasteiger charge is 2.22. The highest BCUT2D eigenvalue weighted by molar-refractivity contribution is 6.30. The lowest BCUT2D eigenvalue weighted by Crippen LogP contribution is -2.23. The van der Waals surface area contributed by atoms with Gasteiger partial charge < -0.3 is 15.0 Å². The molecule has 29 heavy (non-hydrogen) atoms. The summed E-state index contributed by atoms with van der Waals surface area (Å²) >= 11 is 6.01. The molecule has 0 atom stereocenters. The van der Waals surface area contributed by atoms with Crippen molar-refractivity contribution < 1.29 is 9.53 Å². The molecule has 0 spiro atoms. The normalized spacial score (nSPS) is 12.6. The number of methoxy groups -OCH3 is 1. The molecular weight excluding hydrogens is 386 g/mol. The van der Waals surface area contributed by atoms with Crippen molar-refractivity contribution in [3.05, 3.63) is 94.8 Å². The minimum absolute atomic E-state index is 0.183. The van der Waals surface area contributed by atoms with E-state index >= 15 is 0 Å². The Morgan fingerprint density at radius 3 is 2.72 bits per heavy atom. The Balaban J connectivity index is 1.55. The van der Waals surface area contributed by atoms with Crippen LogP contribution >= 0.6 is 11.6 Å². The summed E-state index contributed by atoms with van der Waals surface area (Å²) in [4.78, 5) is 17.9. The molecule has 0 bridgehead atoms. The third-order valence-electron chi connectivity index (χ3n) is 4.71. The SMILES string of the molecule is C=C1C=Cc2cc(C(=O)NCc3cccc(OC)c3)[nH]c2N1c1ccc(Cl)cc1. The fourth-order valence-corrected chi connectivity index (χ4v) is 3.37. The van der Waals surface area contributed by atoms with Crippen LogP contribution < -0.4 is 15.0 Å². The highest BCUT2D eigenvalue weighted by atomic mass is 35.5. The summed E-state index contributed by atoms with van der Waals surface area (Å²) in [5, 5.41) is 3.60. The number of carbonyl (C=O) groups excluding carboxylic acids is 1. The molecular formula is C23H20ClN3O2. The van der Waals surface area contributed by atoms with Crippen molar-refractivity contribution in [2.45, 2.75) is 6.54 Å². The lowest BCUT2D eigenvalue weighted by atomic mass is 10.1. The first kappa shape index (κ1) is 18.9. The minimum Gasteiger partial charge on any atom is -0.497 e. The Bertz CT molecular complexity index is 1100. The van der Waals surface area contributed by atoms with E-state index in [1.807, 2.05) is 71.6 Å². The number of hydrogen-bond acceptors (Lipinski definition) is 3. The number of aromatic amines is 1. The van der Waals surface area contributed by atoms with E-state index in [0.717, 1.165) is 34.1 Å². The van der Waals surface area contributed by atoms with E-state index in [9.17, 15) is 4.79 Å². The topological polar surface area (TPSA) is 57.4 Å². The number of rotatable bonds is 5. The fourth-order valence-electron chi connectivity index (χ4n) is 3.24. The van der Waals surface area contributed by atoms with Gasteiger partial charge in [-0.3, -0.25) is 9.69 Å². The van der Waals surface area contributed by atoms with Gasteiger partial charge in [-0.1, -0.05) is 30.3 Å². The Morgan fingerprint density at radius 2 is 1.97 bits per heavy atom. The summed E-state index contributed by atoms with van der Waals surface area (Å²) in [7, 11) is 1.62. The number of anilines is 2. The van der Waals surface area contributed by atoms with Crippen LogP contribution in [0.4, 0.5) is 11.5 Å². The second-order valence-corrected chi connectivity index (χ2v) is 7.09. The van der Waals surface area contributed by atoms with E-state index in [4.69, 9.17) is 16.3 Å². The van der Waals surface area contributed by atoms with Gasteiger partial charge in [0, 0.05) is 28.5 Å². The summed E-state index contributed by atoms with van der Waals surface area (Å²) in [5.41, 5.74) is 4.07. The summed E-state index contributed by atoms with van der Waals surface area (Å²) in [6, 6.07) is 16.9. The lowest BCUT2D eigenvalue weighted by molar-refractivity contribution is 0.0946. The van der Waals surface area contributed by atoms with Crippen LogP contribution in [0, 0.1) is 0 Å². The molecule has 0 fully saturated rings. The van der Waals surface area contributed by atoms with Gasteiger partial charge in [0.05, 0.1) is 7.11 Å². The molecule has 3 aromatic rings. The first-order valence-electron chi connectivity index (χ1n) is 9.12. The molecule has 0 unspecified atom stereocenters. The van der Waals surface area contributed by atoms with E-state index < -0.39 is 0 Å². The number of nitrogens with zero attached hydrogens (tertiary/aromatic N) is 1. The quantitative estimate of drug-likeness (QED) is 0.606. The summed E-state index contributed by atoms with van der Waals surface area (Å²) in [6.45, 7) is 4.52. The van der Waals surface area contributed by atoms with E-state index in [0.29, 0.717) is 17.3 Å². The zero-order valence-corrected chi connectivity index (χ0v) is 16.7. The van der Waals surface area contributed by atoms with Crippen LogP contribution in [-0.2, 0) is 6.54 Å². The number of hydrogen-bond donors (Lipinski definition) is 2. The summed E-state index contributed by atoms with van der Waals surface area (Å²) in [6.07, 6.45) is 3.86. The number of ether oxygens (including phenoxy) is 1. The number of H-pyrrole nitrogens is 1. The lowest BCUT2D eigenvalue weighted by Gasteiger charge is -2.27. The van der Waals surface area contributed by atoms with Crippen LogP contribution in [0.3, 0.4) is 0 Å². The van der Waals surface area contributed by atoms with Gasteiger partial charge >= 0.3 is 0 Å². The largest absolute Gasteiger partial charge is 0.497 e. The zero-order valence-electron chi connectivity index (χ0n) is 15.9. The molecule has 6 heteroatoms. The van der Waals surface area contributed by atoms with Crippen LogP contribution in [0.1, 0.15) is 21.6 Å². The Hall–Kier alpha value is -3.44. The molecule has 2 heterocycles. The van der Waals surface area contributed by atoms with Crippen LogP contribution in [0.25, 0.3) is 6.08 Å². The molecule has 0 saturated heterocycles. The van der Waals surface area contributed by atoms with Crippen LogP contribution in [0.15, 0.2) is 72.9 Å². The van der Waals surface area contributed by atoms with Crippen molar-refractivity contribution in [2.75, 3.05) is 12.0 Å². The minimum atomic E-state index is -0.183. The summed E-state index contributed by atoms with van der Waals surface area (Å²) in [5.74, 6) is 1.37. The van der Waals surface area contributed by atoms with E-state index in [-0.39, 0.29) is 5.91 Å². The molecule has 2 aromatic carbocycles. The Morgan fingerprint density at radius 1 is 1.17 bits per heavy atom. The fraction of sp³-hybridized carbons (Fsp3) is 0.0870. The first-order valence-corrected chi connectivity index (χ1v) is 9.50. The first-order chi connectivity index (χ1) is 14.0. The Labute approximate surface area is 174 Å². The van der Waals surface area contributed by atoms with Crippen molar-refractivity contribution >= 4 is 35.1 Å². The number of amides is 1. The number of nitrogens with one attached hydrogen (secondary N) is 2. The average molecular weight is 406 g/mol. The molecule has 1 amide bonds. The van der Waals surface area contributed by atoms with E-state index in [1.165, 1.54) is 0 Å². The molecule has 146 valence electrons. The van der Waals surface area contributed by atoms with Crippen LogP contribution in [0.2, 0.25) is 5.02 Å². The smallest absolute Gasteiger partial charge is 0.268 e. The van der Waals surface area contributed by atoms with Crippen LogP contribution in [-0.4, -0.2) is 18.0 Å². The van der Waals surface area contributed by atoms with E-state index in [1.54, 1.807) is 7.11 Å². The molecule has 1 aromatic heterocycles. The molecule has 2 N–H and O–H groups in total. The second kappa shape index (κ2) is 7.89. The number of carbonyl (C=O) groups is 1. The molecule has 0 aliphatic carbocycles. The monoisotopic (exact) mass is 405 g/mol.